The maximum atomic E-state index is 14.1. The van der Waals surface area contributed by atoms with Gasteiger partial charge in [-0.15, -0.1) is 0 Å². The average Bonchev–Trinajstić information content (AvgIpc) is 2.69. The van der Waals surface area contributed by atoms with E-state index in [-0.39, 0.29) is 17.7 Å². The van der Waals surface area contributed by atoms with E-state index in [0.717, 1.165) is 36.8 Å². The van der Waals surface area contributed by atoms with Gasteiger partial charge in [0.05, 0.1) is 6.10 Å². The molecule has 0 N–H and O–H groups in total. The third-order valence-electron chi connectivity index (χ3n) is 4.97. The van der Waals surface area contributed by atoms with Crippen molar-refractivity contribution < 1.29 is 22.6 Å². The fourth-order valence-corrected chi connectivity index (χ4v) is 3.49. The minimum Gasteiger partial charge on any atom is -0.431 e. The van der Waals surface area contributed by atoms with Crippen molar-refractivity contribution in [3.8, 4) is 16.9 Å². The van der Waals surface area contributed by atoms with Crippen molar-refractivity contribution in [1.82, 2.24) is 0 Å². The first kappa shape index (κ1) is 20.5. The molecular formula is C23H25F3O2. The summed E-state index contributed by atoms with van der Waals surface area (Å²) in [5, 5.41) is 0. The molecule has 1 saturated carbocycles. The Labute approximate surface area is 164 Å². The number of rotatable bonds is 7. The molecule has 2 aromatic rings. The van der Waals surface area contributed by atoms with E-state index in [2.05, 4.69) is 6.08 Å². The van der Waals surface area contributed by atoms with E-state index in [4.69, 9.17) is 9.47 Å². The molecule has 0 aromatic heterocycles. The van der Waals surface area contributed by atoms with Gasteiger partial charge in [0.25, 0.3) is 0 Å². The summed E-state index contributed by atoms with van der Waals surface area (Å²) in [7, 11) is 0. The highest BCUT2D eigenvalue weighted by Gasteiger charge is 2.34. The number of ether oxygens (including phenoxy) is 2. The number of hydrogen-bond donors (Lipinski definition) is 0. The molecule has 0 atom stereocenters. The normalized spacial score (nSPS) is 20.4. The van der Waals surface area contributed by atoms with Gasteiger partial charge >= 0.3 is 6.11 Å². The second kappa shape index (κ2) is 9.28. The second-order valence-corrected chi connectivity index (χ2v) is 7.14. The summed E-state index contributed by atoms with van der Waals surface area (Å²) in [5.41, 5.74) is 1.60. The molecule has 0 bridgehead atoms. The van der Waals surface area contributed by atoms with Crippen LogP contribution in [0, 0.1) is 11.7 Å². The summed E-state index contributed by atoms with van der Waals surface area (Å²) in [6.07, 6.45) is 4.18. The van der Waals surface area contributed by atoms with Crippen molar-refractivity contribution >= 4 is 0 Å². The summed E-state index contributed by atoms with van der Waals surface area (Å²) in [4.78, 5) is 0. The molecule has 1 fully saturated rings. The molecule has 3 rings (SSSR count). The van der Waals surface area contributed by atoms with Gasteiger partial charge in [-0.3, -0.25) is 0 Å². The van der Waals surface area contributed by atoms with Gasteiger partial charge < -0.3 is 9.47 Å². The van der Waals surface area contributed by atoms with Crippen LogP contribution in [0.4, 0.5) is 13.2 Å². The van der Waals surface area contributed by atoms with Gasteiger partial charge in [-0.05, 0) is 73.9 Å². The first-order valence-electron chi connectivity index (χ1n) is 9.62. The summed E-state index contributed by atoms with van der Waals surface area (Å²) >= 11 is 0. The molecule has 1 aliphatic rings. The van der Waals surface area contributed by atoms with Crippen molar-refractivity contribution in [3.63, 3.8) is 0 Å². The zero-order valence-electron chi connectivity index (χ0n) is 15.9. The zero-order chi connectivity index (χ0) is 20.0. The van der Waals surface area contributed by atoms with Crippen molar-refractivity contribution in [1.29, 1.82) is 0 Å². The lowest BCUT2D eigenvalue weighted by atomic mass is 9.87. The maximum absolute atomic E-state index is 14.1. The predicted molar refractivity (Wildman–Crippen MR) is 104 cm³/mol. The third kappa shape index (κ3) is 5.86. The van der Waals surface area contributed by atoms with E-state index >= 15 is 0 Å². The Hall–Kier alpha value is -2.27. The van der Waals surface area contributed by atoms with E-state index in [9.17, 15) is 13.2 Å². The second-order valence-electron chi connectivity index (χ2n) is 7.14. The van der Waals surface area contributed by atoms with Crippen LogP contribution in [0.5, 0.6) is 5.75 Å². The molecule has 0 radical (unpaired) electrons. The SMILES string of the molecule is CC=CC1CCC(OCC(F)(F)Oc2ccc(-c3ccc(F)cc3)cc2)CC1. The standard InChI is InChI=1S/C23H25F3O2/c1-2-3-17-4-12-21(13-5-17)27-16-23(25,26)28-22-14-8-19(9-15-22)18-6-10-20(24)11-7-18/h2-3,6-11,14-15,17,21H,4-5,12-13,16H2,1H3. The molecule has 150 valence electrons. The van der Waals surface area contributed by atoms with Gasteiger partial charge in [0.2, 0.25) is 0 Å². The lowest BCUT2D eigenvalue weighted by molar-refractivity contribution is -0.222. The fourth-order valence-electron chi connectivity index (χ4n) is 3.49. The van der Waals surface area contributed by atoms with Crippen LogP contribution in [-0.2, 0) is 4.74 Å². The van der Waals surface area contributed by atoms with E-state index in [1.807, 2.05) is 13.0 Å². The Morgan fingerprint density at radius 3 is 2.07 bits per heavy atom. The van der Waals surface area contributed by atoms with E-state index < -0.39 is 12.7 Å². The number of allylic oxidation sites excluding steroid dienone is 2. The van der Waals surface area contributed by atoms with Gasteiger partial charge in [-0.25, -0.2) is 4.39 Å². The molecule has 0 spiro atoms. The number of hydrogen-bond acceptors (Lipinski definition) is 2. The summed E-state index contributed by atoms with van der Waals surface area (Å²) in [6, 6.07) is 12.3. The van der Waals surface area contributed by atoms with Crippen molar-refractivity contribution in [2.45, 2.75) is 44.8 Å². The Kier molecular flexibility index (Phi) is 6.79. The van der Waals surface area contributed by atoms with E-state index in [1.165, 1.54) is 24.3 Å². The number of alkyl halides is 2. The molecule has 28 heavy (non-hydrogen) atoms. The van der Waals surface area contributed by atoms with Gasteiger partial charge in [0.1, 0.15) is 11.6 Å². The number of benzene rings is 2. The quantitative estimate of drug-likeness (QED) is 0.495. The molecule has 0 aliphatic heterocycles. The zero-order valence-corrected chi connectivity index (χ0v) is 15.9. The lowest BCUT2D eigenvalue weighted by Gasteiger charge is -2.28. The molecule has 2 nitrogen and oxygen atoms in total. The Morgan fingerprint density at radius 1 is 0.929 bits per heavy atom. The van der Waals surface area contributed by atoms with Crippen molar-refractivity contribution in [2.75, 3.05) is 6.61 Å². The third-order valence-corrected chi connectivity index (χ3v) is 4.97. The molecule has 0 amide bonds. The molecule has 0 saturated heterocycles. The smallest absolute Gasteiger partial charge is 0.421 e. The van der Waals surface area contributed by atoms with Crippen LogP contribution in [0.2, 0.25) is 0 Å². The van der Waals surface area contributed by atoms with Crippen LogP contribution in [-0.4, -0.2) is 18.8 Å². The highest BCUT2D eigenvalue weighted by atomic mass is 19.3. The topological polar surface area (TPSA) is 18.5 Å². The average molecular weight is 390 g/mol. The fraction of sp³-hybridized carbons (Fsp3) is 0.391. The maximum Gasteiger partial charge on any atom is 0.421 e. The molecule has 0 unspecified atom stereocenters. The van der Waals surface area contributed by atoms with Gasteiger partial charge in [-0.2, -0.15) is 8.78 Å². The Morgan fingerprint density at radius 2 is 1.50 bits per heavy atom. The highest BCUT2D eigenvalue weighted by molar-refractivity contribution is 5.63. The van der Waals surface area contributed by atoms with Gasteiger partial charge in [0, 0.05) is 0 Å². The summed E-state index contributed by atoms with van der Waals surface area (Å²) in [6.45, 7) is 1.23. The summed E-state index contributed by atoms with van der Waals surface area (Å²) in [5.74, 6) is 0.274. The van der Waals surface area contributed by atoms with Crippen molar-refractivity contribution in [2.24, 2.45) is 5.92 Å². The van der Waals surface area contributed by atoms with E-state index in [1.54, 1.807) is 24.3 Å². The molecule has 5 heteroatoms. The first-order valence-corrected chi connectivity index (χ1v) is 9.62. The van der Waals surface area contributed by atoms with Crippen LogP contribution < -0.4 is 4.74 Å². The minimum atomic E-state index is -3.39. The van der Waals surface area contributed by atoms with Gasteiger partial charge in [-0.1, -0.05) is 36.4 Å². The van der Waals surface area contributed by atoms with Crippen LogP contribution in [0.3, 0.4) is 0 Å². The molecule has 1 aliphatic carbocycles. The van der Waals surface area contributed by atoms with Gasteiger partial charge in [0.15, 0.2) is 6.61 Å². The van der Waals surface area contributed by atoms with Crippen molar-refractivity contribution in [3.05, 3.63) is 66.5 Å². The lowest BCUT2D eigenvalue weighted by Crippen LogP contribution is -2.34. The van der Waals surface area contributed by atoms with Crippen LogP contribution >= 0.6 is 0 Å². The minimum absolute atomic E-state index is 0.0660. The monoisotopic (exact) mass is 390 g/mol. The van der Waals surface area contributed by atoms with Crippen LogP contribution in [0.15, 0.2) is 60.7 Å². The Balaban J connectivity index is 1.50. The number of halogens is 3. The highest BCUT2D eigenvalue weighted by Crippen LogP contribution is 2.30. The largest absolute Gasteiger partial charge is 0.431 e. The first-order chi connectivity index (χ1) is 13.4. The molecule has 2 aromatic carbocycles. The predicted octanol–water partition coefficient (Wildman–Crippen LogP) is 6.62. The van der Waals surface area contributed by atoms with Crippen LogP contribution in [0.25, 0.3) is 11.1 Å². The summed E-state index contributed by atoms with van der Waals surface area (Å²) < 4.78 is 51.5. The Bertz CT molecular complexity index is 761. The molecular weight excluding hydrogens is 365 g/mol. The van der Waals surface area contributed by atoms with E-state index in [0.29, 0.717) is 5.92 Å². The van der Waals surface area contributed by atoms with Crippen LogP contribution in [0.1, 0.15) is 32.6 Å². The molecule has 0 heterocycles.